The summed E-state index contributed by atoms with van der Waals surface area (Å²) in [5, 5.41) is 9.85. The van der Waals surface area contributed by atoms with E-state index in [4.69, 9.17) is 23.2 Å². The summed E-state index contributed by atoms with van der Waals surface area (Å²) in [6.07, 6.45) is 5.48. The Morgan fingerprint density at radius 3 is 2.32 bits per heavy atom. The summed E-state index contributed by atoms with van der Waals surface area (Å²) in [6.45, 7) is 0.0911. The molecule has 2 aromatic rings. The summed E-state index contributed by atoms with van der Waals surface area (Å²) in [7, 11) is 0. The molecule has 0 radical (unpaired) electrons. The van der Waals surface area contributed by atoms with E-state index < -0.39 is 0 Å². The van der Waals surface area contributed by atoms with Gasteiger partial charge in [0.1, 0.15) is 0 Å². The summed E-state index contributed by atoms with van der Waals surface area (Å²) in [5.41, 5.74) is 1.69. The highest BCUT2D eigenvalue weighted by atomic mass is 35.5. The largest absolute Gasteiger partial charge is 0.376 e. The monoisotopic (exact) mass is 419 g/mol. The Balaban J connectivity index is 1.57. The smallest absolute Gasteiger partial charge is 0.253 e. The Morgan fingerprint density at radius 1 is 0.929 bits per heavy atom. The molecule has 0 unspecified atom stereocenters. The standard InChI is InChI=1S/C21H23Cl2N3O2/c22-14-6-8-15(9-7-14)24-13-20(27)25-17-10-11-19(23)18(12-17)21(28)26-16-4-2-1-3-5-16/h6-12,16,24H,1-5,13H2,(H,25,27)(H,26,28). The lowest BCUT2D eigenvalue weighted by molar-refractivity contribution is -0.114. The summed E-state index contributed by atoms with van der Waals surface area (Å²) in [5.74, 6) is -0.428. The van der Waals surface area contributed by atoms with Crippen LogP contribution in [0.25, 0.3) is 0 Å². The van der Waals surface area contributed by atoms with Gasteiger partial charge in [0, 0.05) is 22.4 Å². The first-order chi connectivity index (χ1) is 13.5. The molecule has 0 saturated heterocycles. The van der Waals surface area contributed by atoms with Gasteiger partial charge in [-0.2, -0.15) is 0 Å². The minimum atomic E-state index is -0.226. The van der Waals surface area contributed by atoms with Gasteiger partial charge in [-0.3, -0.25) is 9.59 Å². The Morgan fingerprint density at radius 2 is 1.61 bits per heavy atom. The molecular formula is C21H23Cl2N3O2. The van der Waals surface area contributed by atoms with Gasteiger partial charge in [0.2, 0.25) is 5.91 Å². The van der Waals surface area contributed by atoms with E-state index >= 15 is 0 Å². The van der Waals surface area contributed by atoms with E-state index in [1.165, 1.54) is 6.42 Å². The van der Waals surface area contributed by atoms with Crippen LogP contribution in [0.1, 0.15) is 42.5 Å². The zero-order chi connectivity index (χ0) is 19.9. The second-order valence-electron chi connectivity index (χ2n) is 6.91. The maximum atomic E-state index is 12.6. The SMILES string of the molecule is O=C(CNc1ccc(Cl)cc1)Nc1ccc(Cl)c(C(=O)NC2CCCCC2)c1. The number of hydrogen-bond donors (Lipinski definition) is 3. The third-order valence-corrected chi connectivity index (χ3v) is 5.31. The van der Waals surface area contributed by atoms with Gasteiger partial charge in [-0.25, -0.2) is 0 Å². The van der Waals surface area contributed by atoms with Crippen molar-refractivity contribution in [2.24, 2.45) is 0 Å². The molecule has 2 amide bonds. The Labute approximate surface area is 174 Å². The third-order valence-electron chi connectivity index (χ3n) is 4.73. The van der Waals surface area contributed by atoms with Crippen LogP contribution in [0.2, 0.25) is 10.0 Å². The average molecular weight is 420 g/mol. The van der Waals surface area contributed by atoms with E-state index in [2.05, 4.69) is 16.0 Å². The second kappa shape index (κ2) is 9.80. The summed E-state index contributed by atoms with van der Waals surface area (Å²) >= 11 is 12.0. The van der Waals surface area contributed by atoms with Gasteiger partial charge in [-0.1, -0.05) is 42.5 Å². The molecule has 3 N–H and O–H groups in total. The predicted octanol–water partition coefficient (Wildman–Crippen LogP) is 5.11. The fraction of sp³-hybridized carbons (Fsp3) is 0.333. The third kappa shape index (κ3) is 5.88. The van der Waals surface area contributed by atoms with Crippen molar-refractivity contribution in [2.75, 3.05) is 17.2 Å². The molecule has 1 fully saturated rings. The molecule has 3 rings (SSSR count). The van der Waals surface area contributed by atoms with Crippen LogP contribution in [-0.4, -0.2) is 24.4 Å². The van der Waals surface area contributed by atoms with E-state index in [9.17, 15) is 9.59 Å². The van der Waals surface area contributed by atoms with E-state index in [1.54, 1.807) is 42.5 Å². The van der Waals surface area contributed by atoms with Gasteiger partial charge in [0.25, 0.3) is 5.91 Å². The van der Waals surface area contributed by atoms with Gasteiger partial charge in [0.05, 0.1) is 17.1 Å². The van der Waals surface area contributed by atoms with Gasteiger partial charge < -0.3 is 16.0 Å². The molecule has 148 valence electrons. The minimum absolute atomic E-state index is 0.0911. The van der Waals surface area contributed by atoms with Crippen molar-refractivity contribution >= 4 is 46.4 Å². The number of amides is 2. The molecule has 1 aliphatic rings. The lowest BCUT2D eigenvalue weighted by atomic mass is 9.95. The second-order valence-corrected chi connectivity index (χ2v) is 7.76. The molecule has 0 atom stereocenters. The topological polar surface area (TPSA) is 70.2 Å². The quantitative estimate of drug-likeness (QED) is 0.609. The number of carbonyl (C=O) groups is 2. The highest BCUT2D eigenvalue weighted by Gasteiger charge is 2.19. The number of benzene rings is 2. The maximum absolute atomic E-state index is 12.6. The summed E-state index contributed by atoms with van der Waals surface area (Å²) < 4.78 is 0. The van der Waals surface area contributed by atoms with Crippen LogP contribution < -0.4 is 16.0 Å². The van der Waals surface area contributed by atoms with Crippen molar-refractivity contribution in [1.29, 1.82) is 0 Å². The maximum Gasteiger partial charge on any atom is 0.253 e. The Bertz CT molecular complexity index is 834. The highest BCUT2D eigenvalue weighted by molar-refractivity contribution is 6.34. The molecule has 0 spiro atoms. The van der Waals surface area contributed by atoms with Crippen LogP contribution in [0.4, 0.5) is 11.4 Å². The number of carbonyl (C=O) groups excluding carboxylic acids is 2. The van der Waals surface area contributed by atoms with Crippen LogP contribution in [0.15, 0.2) is 42.5 Å². The van der Waals surface area contributed by atoms with Crippen molar-refractivity contribution in [3.8, 4) is 0 Å². The molecule has 0 aliphatic heterocycles. The molecule has 1 aliphatic carbocycles. The molecule has 2 aromatic carbocycles. The molecular weight excluding hydrogens is 397 g/mol. The lowest BCUT2D eigenvalue weighted by Gasteiger charge is -2.23. The molecule has 7 heteroatoms. The van der Waals surface area contributed by atoms with Crippen molar-refractivity contribution in [1.82, 2.24) is 5.32 Å². The first-order valence-corrected chi connectivity index (χ1v) is 10.2. The predicted molar refractivity (Wildman–Crippen MR) is 114 cm³/mol. The fourth-order valence-electron chi connectivity index (χ4n) is 3.24. The molecule has 0 heterocycles. The normalized spacial score (nSPS) is 14.4. The number of hydrogen-bond acceptors (Lipinski definition) is 3. The first-order valence-electron chi connectivity index (χ1n) is 9.41. The average Bonchev–Trinajstić information content (AvgIpc) is 2.70. The van der Waals surface area contributed by atoms with Gasteiger partial charge >= 0.3 is 0 Å². The molecule has 28 heavy (non-hydrogen) atoms. The van der Waals surface area contributed by atoms with Crippen molar-refractivity contribution in [3.63, 3.8) is 0 Å². The zero-order valence-corrected chi connectivity index (χ0v) is 16.9. The Hall–Kier alpha value is -2.24. The van der Waals surface area contributed by atoms with Crippen LogP contribution in [0.3, 0.4) is 0 Å². The Kier molecular flexibility index (Phi) is 7.18. The molecule has 1 saturated carbocycles. The number of rotatable bonds is 6. The summed E-state index contributed by atoms with van der Waals surface area (Å²) in [4.78, 5) is 24.8. The fourth-order valence-corrected chi connectivity index (χ4v) is 3.57. The molecule has 5 nitrogen and oxygen atoms in total. The van der Waals surface area contributed by atoms with Crippen LogP contribution in [0.5, 0.6) is 0 Å². The number of halogens is 2. The minimum Gasteiger partial charge on any atom is -0.376 e. The lowest BCUT2D eigenvalue weighted by Crippen LogP contribution is -2.36. The van der Waals surface area contributed by atoms with Crippen LogP contribution >= 0.6 is 23.2 Å². The number of anilines is 2. The summed E-state index contributed by atoms with van der Waals surface area (Å²) in [6, 6.07) is 12.2. The van der Waals surface area contributed by atoms with E-state index in [1.807, 2.05) is 0 Å². The van der Waals surface area contributed by atoms with E-state index in [0.29, 0.717) is 21.3 Å². The van der Waals surface area contributed by atoms with Gasteiger partial charge in [0.15, 0.2) is 0 Å². The van der Waals surface area contributed by atoms with Gasteiger partial charge in [-0.15, -0.1) is 0 Å². The van der Waals surface area contributed by atoms with Crippen LogP contribution in [-0.2, 0) is 4.79 Å². The molecule has 0 aromatic heterocycles. The van der Waals surface area contributed by atoms with E-state index in [-0.39, 0.29) is 24.4 Å². The highest BCUT2D eigenvalue weighted by Crippen LogP contribution is 2.23. The van der Waals surface area contributed by atoms with Crippen molar-refractivity contribution in [2.45, 2.75) is 38.1 Å². The van der Waals surface area contributed by atoms with Crippen LogP contribution in [0, 0.1) is 0 Å². The van der Waals surface area contributed by atoms with Crippen molar-refractivity contribution < 1.29 is 9.59 Å². The van der Waals surface area contributed by atoms with Crippen molar-refractivity contribution in [3.05, 3.63) is 58.1 Å². The van der Waals surface area contributed by atoms with Gasteiger partial charge in [-0.05, 0) is 55.3 Å². The first kappa shape index (κ1) is 20.5. The van der Waals surface area contributed by atoms with E-state index in [0.717, 1.165) is 31.4 Å². The molecule has 0 bridgehead atoms. The number of nitrogens with one attached hydrogen (secondary N) is 3. The zero-order valence-electron chi connectivity index (χ0n) is 15.4.